The van der Waals surface area contributed by atoms with Crippen molar-refractivity contribution in [2.45, 2.75) is 94.8 Å². The Bertz CT molecular complexity index is 1480. The van der Waals surface area contributed by atoms with Crippen molar-refractivity contribution in [2.24, 2.45) is 0 Å². The molecule has 1 fully saturated rings. The number of nitrogens with one attached hydrogen (secondary N) is 2. The first-order valence-corrected chi connectivity index (χ1v) is 15.9. The number of halogens is 3. The van der Waals surface area contributed by atoms with Gasteiger partial charge < -0.3 is 15.8 Å². The summed E-state index contributed by atoms with van der Waals surface area (Å²) in [4.78, 5) is 36.9. The fourth-order valence-electron chi connectivity index (χ4n) is 5.19. The summed E-state index contributed by atoms with van der Waals surface area (Å²) in [6.07, 6.45) is -0.601. The lowest BCUT2D eigenvalue weighted by Crippen LogP contribution is -2.51. The van der Waals surface area contributed by atoms with Crippen LogP contribution in [0.5, 0.6) is 0 Å². The van der Waals surface area contributed by atoms with Gasteiger partial charge in [0.2, 0.25) is 15.9 Å². The molecule has 3 N–H and O–H groups in total. The van der Waals surface area contributed by atoms with Crippen LogP contribution in [0.3, 0.4) is 0 Å². The number of Topliss-reactive ketones (excluding diaryl/α,β-unsaturated/α-hetero) is 1. The van der Waals surface area contributed by atoms with Crippen molar-refractivity contribution in [3.8, 4) is 0 Å². The van der Waals surface area contributed by atoms with Gasteiger partial charge in [-0.05, 0) is 80.8 Å². The number of sulfonamides is 1. The van der Waals surface area contributed by atoms with E-state index in [1.54, 1.807) is 31.2 Å². The van der Waals surface area contributed by atoms with Gasteiger partial charge in [-0.2, -0.15) is 17.5 Å². The van der Waals surface area contributed by atoms with Crippen LogP contribution in [0.2, 0.25) is 0 Å². The summed E-state index contributed by atoms with van der Waals surface area (Å²) >= 11 is 0. The summed E-state index contributed by atoms with van der Waals surface area (Å²) in [5.41, 5.74) is 0.930. The Morgan fingerprint density at radius 2 is 1.68 bits per heavy atom. The van der Waals surface area contributed by atoms with Crippen molar-refractivity contribution in [2.75, 3.05) is 6.54 Å². The molecule has 2 aromatic rings. The smallest absolute Gasteiger partial charge is 0.416 e. The number of carboxylic acids is 1. The van der Waals surface area contributed by atoms with E-state index >= 15 is 0 Å². The highest BCUT2D eigenvalue weighted by Gasteiger charge is 2.41. The molecule has 0 bridgehead atoms. The first-order chi connectivity index (χ1) is 20.6. The summed E-state index contributed by atoms with van der Waals surface area (Å²) in [7, 11) is -4.49. The number of aliphatic carboxylic acids is 1. The SMILES string of the molecule is CC(=N)CCCCCC(=O)Cc1ccc(C[C@H](NC(=O)[C@@H]2CCCN2S(=O)(=O)c2cc(C)cc(C(F)(F)F)c2)C(=O)O)cc1. The number of rotatable bonds is 15. The molecule has 240 valence electrons. The van der Waals surface area contributed by atoms with Gasteiger partial charge >= 0.3 is 12.1 Å². The quantitative estimate of drug-likeness (QED) is 0.184. The van der Waals surface area contributed by atoms with E-state index in [9.17, 15) is 41.1 Å². The van der Waals surface area contributed by atoms with Crippen molar-refractivity contribution in [1.82, 2.24) is 9.62 Å². The molecular formula is C31H38F3N3O6S. The van der Waals surface area contributed by atoms with Gasteiger partial charge in [0.05, 0.1) is 10.5 Å². The van der Waals surface area contributed by atoms with Gasteiger partial charge in [0, 0.05) is 31.5 Å². The molecule has 0 aliphatic carbocycles. The summed E-state index contributed by atoms with van der Waals surface area (Å²) in [5.74, 6) is -2.10. The molecule has 1 amide bonds. The number of unbranched alkanes of at least 4 members (excludes halogenated alkanes) is 2. The Hall–Kier alpha value is -3.58. The topological polar surface area (TPSA) is 145 Å². The van der Waals surface area contributed by atoms with Crippen LogP contribution in [-0.2, 0) is 43.4 Å². The van der Waals surface area contributed by atoms with Crippen LogP contribution in [-0.4, -0.2) is 59.8 Å². The zero-order chi connectivity index (χ0) is 32.7. The molecular weight excluding hydrogens is 599 g/mol. The molecule has 0 aromatic heterocycles. The standard InChI is InChI=1S/C31H38F3N3O6S/c1-20-15-24(31(32,33)34)19-26(16-20)44(42,43)37-14-6-9-28(37)29(39)36-27(30(40)41)18-23-12-10-22(11-13-23)17-25(38)8-5-3-4-7-21(2)35/h10-13,15-16,19,27-28,35H,3-9,14,17-18H2,1-2H3,(H,36,39)(H,40,41)/t27-,28-/m0/s1. The first kappa shape index (κ1) is 34.9. The minimum atomic E-state index is -4.76. The first-order valence-electron chi connectivity index (χ1n) is 14.5. The van der Waals surface area contributed by atoms with Gasteiger partial charge in [-0.1, -0.05) is 30.7 Å². The Morgan fingerprint density at radius 3 is 2.30 bits per heavy atom. The molecule has 2 atom stereocenters. The second-order valence-corrected chi connectivity index (χ2v) is 13.2. The molecule has 9 nitrogen and oxygen atoms in total. The van der Waals surface area contributed by atoms with E-state index in [1.165, 1.54) is 6.92 Å². The maximum absolute atomic E-state index is 13.3. The second-order valence-electron chi connectivity index (χ2n) is 11.3. The Balaban J connectivity index is 1.63. The number of carbonyl (C=O) groups excluding carboxylic acids is 2. The zero-order valence-electron chi connectivity index (χ0n) is 24.7. The number of hydrogen-bond donors (Lipinski definition) is 3. The Kier molecular flexibility index (Phi) is 11.8. The molecule has 1 heterocycles. The average Bonchev–Trinajstić information content (AvgIpc) is 3.44. The summed E-state index contributed by atoms with van der Waals surface area (Å²) in [6, 6.07) is 6.58. The van der Waals surface area contributed by atoms with Crippen molar-refractivity contribution < 1.29 is 41.1 Å². The number of hydrogen-bond acceptors (Lipinski definition) is 6. The molecule has 0 radical (unpaired) electrons. The molecule has 0 spiro atoms. The number of aryl methyl sites for hydroxylation is 1. The highest BCUT2D eigenvalue weighted by Crippen LogP contribution is 2.34. The molecule has 3 rings (SSSR count). The molecule has 2 aromatic carbocycles. The van der Waals surface area contributed by atoms with E-state index in [2.05, 4.69) is 5.32 Å². The van der Waals surface area contributed by atoms with Crippen LogP contribution in [0.25, 0.3) is 0 Å². The van der Waals surface area contributed by atoms with Crippen LogP contribution in [0.1, 0.15) is 74.1 Å². The van der Waals surface area contributed by atoms with E-state index in [-0.39, 0.29) is 43.6 Å². The van der Waals surface area contributed by atoms with Crippen molar-refractivity contribution in [1.29, 1.82) is 5.41 Å². The largest absolute Gasteiger partial charge is 0.480 e. The average molecular weight is 638 g/mol. The van der Waals surface area contributed by atoms with Gasteiger partial charge in [0.1, 0.15) is 17.9 Å². The molecule has 13 heteroatoms. The van der Waals surface area contributed by atoms with Crippen molar-refractivity contribution in [3.05, 3.63) is 64.7 Å². The minimum absolute atomic E-state index is 0.0800. The van der Waals surface area contributed by atoms with Crippen molar-refractivity contribution in [3.63, 3.8) is 0 Å². The lowest BCUT2D eigenvalue weighted by Gasteiger charge is -2.25. The zero-order valence-corrected chi connectivity index (χ0v) is 25.6. The van der Waals surface area contributed by atoms with E-state index < -0.39 is 50.6 Å². The van der Waals surface area contributed by atoms with E-state index in [4.69, 9.17) is 5.41 Å². The molecule has 0 unspecified atom stereocenters. The Morgan fingerprint density at radius 1 is 1.05 bits per heavy atom. The number of ketones is 1. The molecule has 1 aliphatic rings. The summed E-state index contributed by atoms with van der Waals surface area (Å²) < 4.78 is 67.5. The van der Waals surface area contributed by atoms with E-state index in [0.29, 0.717) is 23.8 Å². The van der Waals surface area contributed by atoms with E-state index in [1.807, 2.05) is 0 Å². The third-order valence-electron chi connectivity index (χ3n) is 7.48. The number of carboxylic acid groups (broad SMARTS) is 1. The van der Waals surface area contributed by atoms with Crippen LogP contribution in [0, 0.1) is 12.3 Å². The van der Waals surface area contributed by atoms with Crippen LogP contribution >= 0.6 is 0 Å². The lowest BCUT2D eigenvalue weighted by molar-refractivity contribution is -0.142. The minimum Gasteiger partial charge on any atom is -0.480 e. The normalized spacial score (nSPS) is 16.4. The highest BCUT2D eigenvalue weighted by molar-refractivity contribution is 7.89. The van der Waals surface area contributed by atoms with Gasteiger partial charge in [-0.3, -0.25) is 9.59 Å². The third-order valence-corrected chi connectivity index (χ3v) is 9.36. The van der Waals surface area contributed by atoms with Gasteiger partial charge in [-0.15, -0.1) is 0 Å². The highest BCUT2D eigenvalue weighted by atomic mass is 32.2. The van der Waals surface area contributed by atoms with Gasteiger partial charge in [0.25, 0.3) is 0 Å². The number of alkyl halides is 3. The second kappa shape index (κ2) is 14.9. The van der Waals surface area contributed by atoms with Crippen LogP contribution in [0.4, 0.5) is 13.2 Å². The van der Waals surface area contributed by atoms with Gasteiger partial charge in [-0.25, -0.2) is 13.2 Å². The molecule has 44 heavy (non-hydrogen) atoms. The number of carbonyl (C=O) groups is 3. The van der Waals surface area contributed by atoms with Crippen LogP contribution in [0.15, 0.2) is 47.4 Å². The molecule has 1 aliphatic heterocycles. The third kappa shape index (κ3) is 9.71. The summed E-state index contributed by atoms with van der Waals surface area (Å²) in [6.45, 7) is 3.00. The number of nitrogens with zero attached hydrogens (tertiary/aromatic N) is 1. The maximum Gasteiger partial charge on any atom is 0.416 e. The van der Waals surface area contributed by atoms with Gasteiger partial charge in [0.15, 0.2) is 0 Å². The maximum atomic E-state index is 13.3. The number of benzene rings is 2. The predicted molar refractivity (Wildman–Crippen MR) is 158 cm³/mol. The lowest BCUT2D eigenvalue weighted by atomic mass is 10.00. The van der Waals surface area contributed by atoms with Crippen LogP contribution < -0.4 is 5.32 Å². The predicted octanol–water partition coefficient (Wildman–Crippen LogP) is 5.08. The van der Waals surface area contributed by atoms with E-state index in [0.717, 1.165) is 47.7 Å². The number of amides is 1. The monoisotopic (exact) mass is 637 g/mol. The molecule has 1 saturated heterocycles. The summed E-state index contributed by atoms with van der Waals surface area (Å²) in [5, 5.41) is 19.6. The molecule has 0 saturated carbocycles. The fraction of sp³-hybridized carbons (Fsp3) is 0.484. The fourth-order valence-corrected chi connectivity index (χ4v) is 6.97. The van der Waals surface area contributed by atoms with Crippen molar-refractivity contribution >= 4 is 33.4 Å². The Labute approximate surface area is 255 Å².